The molecule has 0 fully saturated rings. The molecule has 6 nitrogen and oxygen atoms in total. The van der Waals surface area contributed by atoms with Crippen molar-refractivity contribution < 1.29 is 13.2 Å². The Morgan fingerprint density at radius 2 is 1.68 bits per heavy atom. The summed E-state index contributed by atoms with van der Waals surface area (Å²) in [5.41, 5.74) is 1.59. The Morgan fingerprint density at radius 1 is 1.00 bits per heavy atom. The van der Waals surface area contributed by atoms with Gasteiger partial charge in [0.2, 0.25) is 0 Å². The fraction of sp³-hybridized carbons (Fsp3) is 0.381. The zero-order valence-electron chi connectivity index (χ0n) is 16.7. The first-order chi connectivity index (χ1) is 13.4. The zero-order chi connectivity index (χ0) is 20.6. The molecular formula is C21H29N3O3S. The van der Waals surface area contributed by atoms with Gasteiger partial charge in [0.15, 0.2) is 9.84 Å². The maximum atomic E-state index is 12.4. The van der Waals surface area contributed by atoms with E-state index in [9.17, 15) is 13.2 Å². The van der Waals surface area contributed by atoms with Crippen LogP contribution in [0.4, 0.5) is 10.5 Å². The number of carbonyl (C=O) groups is 1. The number of hydrogen-bond acceptors (Lipinski definition) is 4. The maximum Gasteiger partial charge on any atom is 0.319 e. The van der Waals surface area contributed by atoms with E-state index in [0.29, 0.717) is 12.2 Å². The third-order valence-electron chi connectivity index (χ3n) is 4.72. The molecule has 0 spiro atoms. The van der Waals surface area contributed by atoms with Crippen molar-refractivity contribution in [1.82, 2.24) is 10.2 Å². The molecule has 0 bridgehead atoms. The van der Waals surface area contributed by atoms with Gasteiger partial charge in [-0.1, -0.05) is 57.2 Å². The van der Waals surface area contributed by atoms with Gasteiger partial charge >= 0.3 is 6.03 Å². The second kappa shape index (κ2) is 10.2. The minimum absolute atomic E-state index is 0.0191. The molecule has 1 unspecified atom stereocenters. The van der Waals surface area contributed by atoms with Crippen molar-refractivity contribution in [2.45, 2.75) is 31.7 Å². The number of urea groups is 1. The first-order valence-electron chi connectivity index (χ1n) is 9.57. The van der Waals surface area contributed by atoms with Gasteiger partial charge in [-0.25, -0.2) is 13.2 Å². The summed E-state index contributed by atoms with van der Waals surface area (Å²) in [6, 6.07) is 16.1. The number of nitrogens with one attached hydrogen (secondary N) is 2. The van der Waals surface area contributed by atoms with Gasteiger partial charge in [0.05, 0.1) is 16.7 Å². The summed E-state index contributed by atoms with van der Waals surface area (Å²) in [5, 5.41) is 5.64. The lowest BCUT2D eigenvalue weighted by atomic mass is 10.1. The van der Waals surface area contributed by atoms with Crippen molar-refractivity contribution in [3.05, 3.63) is 60.2 Å². The minimum atomic E-state index is -3.31. The Balaban J connectivity index is 2.06. The van der Waals surface area contributed by atoms with Crippen LogP contribution in [0.15, 0.2) is 59.5 Å². The number of hydrogen-bond donors (Lipinski definition) is 2. The monoisotopic (exact) mass is 403 g/mol. The molecule has 28 heavy (non-hydrogen) atoms. The van der Waals surface area contributed by atoms with Crippen LogP contribution >= 0.6 is 0 Å². The fourth-order valence-electron chi connectivity index (χ4n) is 3.10. The average molecular weight is 404 g/mol. The number of benzene rings is 2. The largest absolute Gasteiger partial charge is 0.336 e. The van der Waals surface area contributed by atoms with E-state index in [2.05, 4.69) is 41.5 Å². The van der Waals surface area contributed by atoms with Crippen molar-refractivity contribution in [3.63, 3.8) is 0 Å². The summed E-state index contributed by atoms with van der Waals surface area (Å²) >= 11 is 0. The summed E-state index contributed by atoms with van der Waals surface area (Å²) in [4.78, 5) is 14.9. The van der Waals surface area contributed by atoms with E-state index in [-0.39, 0.29) is 22.7 Å². The molecule has 0 aliphatic rings. The van der Waals surface area contributed by atoms with Crippen molar-refractivity contribution in [1.29, 1.82) is 0 Å². The van der Waals surface area contributed by atoms with Crippen molar-refractivity contribution >= 4 is 21.6 Å². The van der Waals surface area contributed by atoms with E-state index in [1.54, 1.807) is 19.1 Å². The molecule has 152 valence electrons. The average Bonchev–Trinajstić information content (AvgIpc) is 2.72. The van der Waals surface area contributed by atoms with Crippen LogP contribution in [-0.4, -0.2) is 44.7 Å². The highest BCUT2D eigenvalue weighted by molar-refractivity contribution is 7.91. The maximum absolute atomic E-state index is 12.4. The molecule has 0 heterocycles. The highest BCUT2D eigenvalue weighted by atomic mass is 32.2. The standard InChI is InChI=1S/C21H29N3O3S/c1-4-24(5-2)20(17-11-8-7-9-12-17)16-22-21(25)23-18-13-10-14-19(15-18)28(26,27)6-3/h7-15,20H,4-6,16H2,1-3H3,(H2,22,23,25). The molecule has 2 aromatic carbocycles. The van der Waals surface area contributed by atoms with Crippen LogP contribution in [-0.2, 0) is 9.84 Å². The number of amides is 2. The predicted molar refractivity (Wildman–Crippen MR) is 113 cm³/mol. The molecule has 7 heteroatoms. The minimum Gasteiger partial charge on any atom is -0.336 e. The third kappa shape index (κ3) is 5.81. The normalized spacial score (nSPS) is 12.6. The lowest BCUT2D eigenvalue weighted by molar-refractivity contribution is 0.210. The van der Waals surface area contributed by atoms with E-state index < -0.39 is 9.84 Å². The highest BCUT2D eigenvalue weighted by Gasteiger charge is 2.19. The number of sulfone groups is 1. The molecule has 2 N–H and O–H groups in total. The number of anilines is 1. The second-order valence-corrected chi connectivity index (χ2v) is 8.69. The Labute approximate surface area is 167 Å². The van der Waals surface area contributed by atoms with Crippen molar-refractivity contribution in [3.8, 4) is 0 Å². The molecule has 0 radical (unpaired) electrons. The van der Waals surface area contributed by atoms with Crippen molar-refractivity contribution in [2.75, 3.05) is 30.7 Å². The molecule has 2 amide bonds. The Morgan fingerprint density at radius 3 is 2.29 bits per heavy atom. The SMILES string of the molecule is CCN(CC)C(CNC(=O)Nc1cccc(S(=O)(=O)CC)c1)c1ccccc1. The van der Waals surface area contributed by atoms with Gasteiger partial charge in [0.1, 0.15) is 0 Å². The molecule has 1 atom stereocenters. The van der Waals surface area contributed by atoms with Crippen LogP contribution in [0.3, 0.4) is 0 Å². The molecule has 2 rings (SSSR count). The van der Waals surface area contributed by atoms with Crippen LogP contribution in [0.5, 0.6) is 0 Å². The Hall–Kier alpha value is -2.38. The van der Waals surface area contributed by atoms with Crippen LogP contribution in [0.1, 0.15) is 32.4 Å². The molecule has 0 aliphatic heterocycles. The van der Waals surface area contributed by atoms with E-state index in [1.165, 1.54) is 12.1 Å². The van der Waals surface area contributed by atoms with Gasteiger partial charge in [-0.2, -0.15) is 0 Å². The van der Waals surface area contributed by atoms with Gasteiger partial charge < -0.3 is 10.6 Å². The van der Waals surface area contributed by atoms with Crippen LogP contribution < -0.4 is 10.6 Å². The molecule has 0 saturated carbocycles. The quantitative estimate of drug-likeness (QED) is 0.669. The Kier molecular flexibility index (Phi) is 8.02. The van der Waals surface area contributed by atoms with Gasteiger partial charge in [-0.3, -0.25) is 4.90 Å². The summed E-state index contributed by atoms with van der Waals surface area (Å²) in [6.07, 6.45) is 0. The summed E-state index contributed by atoms with van der Waals surface area (Å²) in [5.74, 6) is 0.0191. The molecular weight excluding hydrogens is 374 g/mol. The molecule has 0 aromatic heterocycles. The second-order valence-electron chi connectivity index (χ2n) is 6.41. The topological polar surface area (TPSA) is 78.5 Å². The van der Waals surface area contributed by atoms with Crippen LogP contribution in [0.25, 0.3) is 0 Å². The van der Waals surface area contributed by atoms with Gasteiger partial charge in [0, 0.05) is 12.2 Å². The summed E-state index contributed by atoms with van der Waals surface area (Å²) in [6.45, 7) is 7.98. The smallest absolute Gasteiger partial charge is 0.319 e. The molecule has 2 aromatic rings. The lowest BCUT2D eigenvalue weighted by Crippen LogP contribution is -2.39. The molecule has 0 aliphatic carbocycles. The number of nitrogens with zero attached hydrogens (tertiary/aromatic N) is 1. The Bertz CT molecular complexity index is 865. The van der Waals surface area contributed by atoms with E-state index in [1.807, 2.05) is 18.2 Å². The van der Waals surface area contributed by atoms with Crippen molar-refractivity contribution in [2.24, 2.45) is 0 Å². The van der Waals surface area contributed by atoms with E-state index in [4.69, 9.17) is 0 Å². The molecule has 0 saturated heterocycles. The third-order valence-corrected chi connectivity index (χ3v) is 6.46. The first kappa shape index (κ1) is 21.9. The predicted octanol–water partition coefficient (Wildman–Crippen LogP) is 3.68. The van der Waals surface area contributed by atoms with Gasteiger partial charge in [-0.15, -0.1) is 0 Å². The summed E-state index contributed by atoms with van der Waals surface area (Å²) < 4.78 is 24.0. The highest BCUT2D eigenvalue weighted by Crippen LogP contribution is 2.20. The summed E-state index contributed by atoms with van der Waals surface area (Å²) in [7, 11) is -3.31. The fourth-order valence-corrected chi connectivity index (χ4v) is 4.02. The lowest BCUT2D eigenvalue weighted by Gasteiger charge is -2.30. The van der Waals surface area contributed by atoms with E-state index >= 15 is 0 Å². The van der Waals surface area contributed by atoms with Crippen LogP contribution in [0.2, 0.25) is 0 Å². The van der Waals surface area contributed by atoms with Crippen LogP contribution in [0, 0.1) is 0 Å². The number of carbonyl (C=O) groups excluding carboxylic acids is 1. The van der Waals surface area contributed by atoms with E-state index in [0.717, 1.165) is 18.7 Å². The van der Waals surface area contributed by atoms with Gasteiger partial charge in [0.25, 0.3) is 0 Å². The zero-order valence-corrected chi connectivity index (χ0v) is 17.5. The van der Waals surface area contributed by atoms with Gasteiger partial charge in [-0.05, 0) is 36.9 Å². The number of rotatable bonds is 9. The number of likely N-dealkylation sites (N-methyl/N-ethyl adjacent to an activating group) is 1. The first-order valence-corrected chi connectivity index (χ1v) is 11.2.